The first-order valence-corrected chi connectivity index (χ1v) is 8.62. The number of rotatable bonds is 7. The maximum Gasteiger partial charge on any atom is 0.237 e. The number of amides is 2. The lowest BCUT2D eigenvalue weighted by molar-refractivity contribution is -0.137. The van der Waals surface area contributed by atoms with Gasteiger partial charge in [-0.05, 0) is 13.0 Å². The molecule has 1 aliphatic heterocycles. The van der Waals surface area contributed by atoms with Gasteiger partial charge in [-0.25, -0.2) is 0 Å². The summed E-state index contributed by atoms with van der Waals surface area (Å²) in [5.41, 5.74) is 0.991. The number of carbonyl (C=O) groups is 2. The van der Waals surface area contributed by atoms with Crippen LogP contribution in [0.1, 0.15) is 18.9 Å². The highest BCUT2D eigenvalue weighted by Gasteiger charge is 2.31. The van der Waals surface area contributed by atoms with Crippen molar-refractivity contribution in [1.29, 1.82) is 0 Å². The second kappa shape index (κ2) is 9.22. The minimum absolute atomic E-state index is 0.0109. The SMILES string of the molecule is CCN(C)C(=O)C[C@@H]1C(=O)NCCN1C/C=C/c1ccccc1OC. The Morgan fingerprint density at radius 3 is 2.92 bits per heavy atom. The van der Waals surface area contributed by atoms with Crippen LogP contribution in [0.5, 0.6) is 5.75 Å². The maximum absolute atomic E-state index is 12.2. The minimum Gasteiger partial charge on any atom is -0.496 e. The summed E-state index contributed by atoms with van der Waals surface area (Å²) in [4.78, 5) is 28.1. The molecule has 0 bridgehead atoms. The number of para-hydroxylation sites is 1. The van der Waals surface area contributed by atoms with Gasteiger partial charge in [-0.3, -0.25) is 14.5 Å². The smallest absolute Gasteiger partial charge is 0.237 e. The fraction of sp³-hybridized carbons (Fsp3) is 0.474. The number of ether oxygens (including phenoxy) is 1. The number of hydrogen-bond acceptors (Lipinski definition) is 4. The molecule has 0 aromatic heterocycles. The van der Waals surface area contributed by atoms with Crippen molar-refractivity contribution in [3.63, 3.8) is 0 Å². The lowest BCUT2D eigenvalue weighted by Crippen LogP contribution is -2.56. The maximum atomic E-state index is 12.2. The van der Waals surface area contributed by atoms with Gasteiger partial charge in [0.15, 0.2) is 0 Å². The van der Waals surface area contributed by atoms with Crippen molar-refractivity contribution in [2.24, 2.45) is 0 Å². The predicted molar refractivity (Wildman–Crippen MR) is 98.3 cm³/mol. The number of nitrogens with one attached hydrogen (secondary N) is 1. The van der Waals surface area contributed by atoms with Gasteiger partial charge in [0.2, 0.25) is 11.8 Å². The molecule has 1 N–H and O–H groups in total. The number of nitrogens with zero attached hydrogens (tertiary/aromatic N) is 2. The molecule has 1 aromatic rings. The molecule has 1 saturated heterocycles. The van der Waals surface area contributed by atoms with Crippen molar-refractivity contribution in [2.45, 2.75) is 19.4 Å². The van der Waals surface area contributed by atoms with Crippen molar-refractivity contribution in [2.75, 3.05) is 40.3 Å². The Balaban J connectivity index is 2.03. The lowest BCUT2D eigenvalue weighted by Gasteiger charge is -2.34. The molecule has 0 unspecified atom stereocenters. The standard InChI is InChI=1S/C19H27N3O3/c1-4-21(2)18(23)14-16-19(24)20-11-13-22(16)12-7-9-15-8-5-6-10-17(15)25-3/h5-10,16H,4,11-14H2,1-3H3,(H,20,24)/b9-7+/t16-/m1/s1. The van der Waals surface area contributed by atoms with Crippen molar-refractivity contribution in [3.05, 3.63) is 35.9 Å². The molecule has 2 amide bonds. The van der Waals surface area contributed by atoms with E-state index in [9.17, 15) is 9.59 Å². The molecule has 25 heavy (non-hydrogen) atoms. The average molecular weight is 345 g/mol. The monoisotopic (exact) mass is 345 g/mol. The minimum atomic E-state index is -0.419. The molecule has 1 fully saturated rings. The van der Waals surface area contributed by atoms with Crippen LogP contribution in [0.3, 0.4) is 0 Å². The predicted octanol–water partition coefficient (Wildman–Crippen LogP) is 1.38. The molecule has 6 heteroatoms. The van der Waals surface area contributed by atoms with Gasteiger partial charge < -0.3 is 15.0 Å². The Kier molecular flexibility index (Phi) is 7.01. The summed E-state index contributed by atoms with van der Waals surface area (Å²) in [6.45, 7) is 4.51. The van der Waals surface area contributed by atoms with Crippen LogP contribution in [0.15, 0.2) is 30.3 Å². The number of methoxy groups -OCH3 is 1. The molecule has 0 saturated carbocycles. The van der Waals surface area contributed by atoms with Crippen LogP contribution < -0.4 is 10.1 Å². The third-order valence-corrected chi connectivity index (χ3v) is 4.49. The Bertz CT molecular complexity index is 630. The summed E-state index contributed by atoms with van der Waals surface area (Å²) >= 11 is 0. The van der Waals surface area contributed by atoms with E-state index in [1.165, 1.54) is 0 Å². The average Bonchev–Trinajstić information content (AvgIpc) is 2.63. The van der Waals surface area contributed by atoms with Crippen molar-refractivity contribution in [1.82, 2.24) is 15.1 Å². The normalized spacial score (nSPS) is 18.2. The third-order valence-electron chi connectivity index (χ3n) is 4.49. The molecule has 1 aromatic carbocycles. The Morgan fingerprint density at radius 1 is 1.44 bits per heavy atom. The highest BCUT2D eigenvalue weighted by molar-refractivity contribution is 5.88. The van der Waals surface area contributed by atoms with Gasteiger partial charge in [-0.2, -0.15) is 0 Å². The highest BCUT2D eigenvalue weighted by Crippen LogP contribution is 2.19. The zero-order valence-electron chi connectivity index (χ0n) is 15.2. The molecule has 1 atom stereocenters. The number of benzene rings is 1. The fourth-order valence-electron chi connectivity index (χ4n) is 2.82. The van der Waals surface area contributed by atoms with Gasteiger partial charge in [0, 0.05) is 38.8 Å². The van der Waals surface area contributed by atoms with Gasteiger partial charge in [0.05, 0.1) is 19.6 Å². The van der Waals surface area contributed by atoms with Gasteiger partial charge >= 0.3 is 0 Å². The first kappa shape index (κ1) is 19.0. The molecule has 136 valence electrons. The fourth-order valence-corrected chi connectivity index (χ4v) is 2.82. The number of hydrogen-bond donors (Lipinski definition) is 1. The van der Waals surface area contributed by atoms with Crippen LogP contribution in [0.2, 0.25) is 0 Å². The largest absolute Gasteiger partial charge is 0.496 e. The van der Waals surface area contributed by atoms with Crippen LogP contribution >= 0.6 is 0 Å². The zero-order valence-corrected chi connectivity index (χ0v) is 15.2. The van der Waals surface area contributed by atoms with Crippen LogP contribution in [0.25, 0.3) is 6.08 Å². The topological polar surface area (TPSA) is 61.9 Å². The Morgan fingerprint density at radius 2 is 2.20 bits per heavy atom. The summed E-state index contributed by atoms with van der Waals surface area (Å²) in [5, 5.41) is 2.86. The Labute approximate surface area is 149 Å². The van der Waals surface area contributed by atoms with Crippen molar-refractivity contribution < 1.29 is 14.3 Å². The lowest BCUT2D eigenvalue weighted by atomic mass is 10.1. The summed E-state index contributed by atoms with van der Waals surface area (Å²) in [5.74, 6) is 0.726. The van der Waals surface area contributed by atoms with E-state index in [2.05, 4.69) is 5.32 Å². The van der Waals surface area contributed by atoms with E-state index < -0.39 is 6.04 Å². The van der Waals surface area contributed by atoms with Gasteiger partial charge in [-0.1, -0.05) is 30.4 Å². The quantitative estimate of drug-likeness (QED) is 0.811. The summed E-state index contributed by atoms with van der Waals surface area (Å²) in [7, 11) is 3.41. The van der Waals surface area contributed by atoms with E-state index in [0.29, 0.717) is 19.6 Å². The van der Waals surface area contributed by atoms with E-state index in [1.54, 1.807) is 19.1 Å². The molecule has 0 spiro atoms. The molecule has 1 heterocycles. The van der Waals surface area contributed by atoms with E-state index in [4.69, 9.17) is 4.74 Å². The molecule has 1 aliphatic rings. The molecule has 0 aliphatic carbocycles. The van der Waals surface area contributed by atoms with E-state index in [0.717, 1.165) is 17.9 Å². The first-order chi connectivity index (χ1) is 12.1. The second-order valence-electron chi connectivity index (χ2n) is 6.06. The highest BCUT2D eigenvalue weighted by atomic mass is 16.5. The van der Waals surface area contributed by atoms with Crippen molar-refractivity contribution in [3.8, 4) is 5.75 Å². The number of piperazine rings is 1. The third kappa shape index (κ3) is 5.06. The van der Waals surface area contributed by atoms with Gasteiger partial charge in [-0.15, -0.1) is 0 Å². The number of carbonyl (C=O) groups excluding carboxylic acids is 2. The molecular weight excluding hydrogens is 318 g/mol. The molecular formula is C19H27N3O3. The van der Waals surface area contributed by atoms with E-state index in [1.807, 2.05) is 48.2 Å². The summed E-state index contributed by atoms with van der Waals surface area (Å²) in [6.07, 6.45) is 4.21. The van der Waals surface area contributed by atoms with Crippen molar-refractivity contribution >= 4 is 17.9 Å². The van der Waals surface area contributed by atoms with Crippen LogP contribution in [-0.2, 0) is 9.59 Å². The second-order valence-corrected chi connectivity index (χ2v) is 6.06. The first-order valence-electron chi connectivity index (χ1n) is 8.62. The summed E-state index contributed by atoms with van der Waals surface area (Å²) in [6, 6.07) is 7.36. The molecule has 2 rings (SSSR count). The van der Waals surface area contributed by atoms with E-state index >= 15 is 0 Å². The summed E-state index contributed by atoms with van der Waals surface area (Å²) < 4.78 is 5.34. The van der Waals surface area contributed by atoms with Crippen LogP contribution in [-0.4, -0.2) is 68.0 Å². The van der Waals surface area contributed by atoms with Gasteiger partial charge in [0.25, 0.3) is 0 Å². The van der Waals surface area contributed by atoms with Gasteiger partial charge in [0.1, 0.15) is 5.75 Å². The Hall–Kier alpha value is -2.34. The molecule has 0 radical (unpaired) electrons. The van der Waals surface area contributed by atoms with E-state index in [-0.39, 0.29) is 18.2 Å². The van der Waals surface area contributed by atoms with Crippen LogP contribution in [0.4, 0.5) is 0 Å². The van der Waals surface area contributed by atoms with Crippen LogP contribution in [0, 0.1) is 0 Å². The zero-order chi connectivity index (χ0) is 18.2. The molecule has 6 nitrogen and oxygen atoms in total.